The number of hydrogen-bond donors (Lipinski definition) is 1. The Kier molecular flexibility index (Phi) is 6.83. The van der Waals surface area contributed by atoms with E-state index in [9.17, 15) is 9.59 Å². The van der Waals surface area contributed by atoms with E-state index in [4.69, 9.17) is 21.1 Å². The number of amides is 1. The van der Waals surface area contributed by atoms with Gasteiger partial charge in [0.25, 0.3) is 5.91 Å². The van der Waals surface area contributed by atoms with Gasteiger partial charge in [-0.25, -0.2) is 4.79 Å². The number of rotatable bonds is 7. The fraction of sp³-hybridized carbons (Fsp3) is 0.385. The maximum absolute atomic E-state index is 11.5. The van der Waals surface area contributed by atoms with E-state index >= 15 is 0 Å². The summed E-state index contributed by atoms with van der Waals surface area (Å²) in [4.78, 5) is 23.0. The highest BCUT2D eigenvalue weighted by Crippen LogP contribution is 2.24. The van der Waals surface area contributed by atoms with Gasteiger partial charge in [-0.1, -0.05) is 11.6 Å². The summed E-state index contributed by atoms with van der Waals surface area (Å²) < 4.78 is 14.7. The number of esters is 1. The molecule has 110 valence electrons. The minimum absolute atomic E-state index is 0.200. The van der Waals surface area contributed by atoms with Crippen molar-refractivity contribution in [1.29, 1.82) is 0 Å². The van der Waals surface area contributed by atoms with Crippen molar-refractivity contribution in [2.24, 2.45) is 0 Å². The van der Waals surface area contributed by atoms with Crippen LogP contribution in [0.2, 0.25) is 5.02 Å². The lowest BCUT2D eigenvalue weighted by Gasteiger charge is -2.10. The van der Waals surface area contributed by atoms with E-state index in [-0.39, 0.29) is 23.8 Å². The molecule has 0 atom stereocenters. The molecule has 1 rings (SSSR count). The zero-order chi connectivity index (χ0) is 15.0. The van der Waals surface area contributed by atoms with Crippen molar-refractivity contribution < 1.29 is 23.8 Å². The molecule has 0 aliphatic rings. The van der Waals surface area contributed by atoms with E-state index in [0.717, 1.165) is 0 Å². The van der Waals surface area contributed by atoms with Crippen molar-refractivity contribution in [3.63, 3.8) is 0 Å². The third-order valence-electron chi connectivity index (χ3n) is 2.34. The molecule has 1 amide bonds. The fourth-order valence-corrected chi connectivity index (χ4v) is 1.54. The van der Waals surface area contributed by atoms with Gasteiger partial charge in [-0.05, 0) is 18.2 Å². The highest BCUT2D eigenvalue weighted by atomic mass is 35.5. The van der Waals surface area contributed by atoms with Crippen LogP contribution in [0, 0.1) is 0 Å². The molecule has 0 aliphatic carbocycles. The summed E-state index contributed by atoms with van der Waals surface area (Å²) in [5, 5.41) is 2.99. The number of carbonyl (C=O) groups excluding carboxylic acids is 2. The first-order chi connectivity index (χ1) is 9.58. The Balaban J connectivity index is 2.64. The van der Waals surface area contributed by atoms with Crippen molar-refractivity contribution >= 4 is 23.5 Å². The van der Waals surface area contributed by atoms with Crippen LogP contribution in [-0.4, -0.2) is 45.9 Å². The van der Waals surface area contributed by atoms with Crippen LogP contribution in [0.5, 0.6) is 5.75 Å². The van der Waals surface area contributed by atoms with Gasteiger partial charge >= 0.3 is 5.97 Å². The van der Waals surface area contributed by atoms with Crippen LogP contribution in [-0.2, 0) is 14.3 Å². The predicted octanol–water partition coefficient (Wildman–Crippen LogP) is 1.27. The van der Waals surface area contributed by atoms with Gasteiger partial charge in [0, 0.05) is 18.7 Å². The first-order valence-corrected chi connectivity index (χ1v) is 6.22. The molecular weight excluding hydrogens is 286 g/mol. The monoisotopic (exact) mass is 301 g/mol. The minimum atomic E-state index is -0.559. The number of nitrogens with one attached hydrogen (secondary N) is 1. The van der Waals surface area contributed by atoms with Gasteiger partial charge in [0.2, 0.25) is 0 Å². The van der Waals surface area contributed by atoms with Crippen LogP contribution >= 0.6 is 11.6 Å². The molecule has 0 unspecified atom stereocenters. The van der Waals surface area contributed by atoms with Crippen LogP contribution in [0.1, 0.15) is 10.4 Å². The van der Waals surface area contributed by atoms with Crippen molar-refractivity contribution in [2.75, 3.05) is 34.0 Å². The number of carbonyl (C=O) groups is 2. The SMILES string of the molecule is COCCNC(=O)COc1cc(Cl)ccc1C(=O)OC. The average molecular weight is 302 g/mol. The molecule has 20 heavy (non-hydrogen) atoms. The highest BCUT2D eigenvalue weighted by Gasteiger charge is 2.14. The molecule has 0 fully saturated rings. The molecule has 1 aromatic rings. The summed E-state index contributed by atoms with van der Waals surface area (Å²) in [6.07, 6.45) is 0. The van der Waals surface area contributed by atoms with E-state index in [1.165, 1.54) is 26.4 Å². The molecule has 0 radical (unpaired) electrons. The Morgan fingerprint density at radius 2 is 2.05 bits per heavy atom. The molecule has 6 nitrogen and oxygen atoms in total. The summed E-state index contributed by atoms with van der Waals surface area (Å²) in [6, 6.07) is 4.47. The molecule has 0 saturated heterocycles. The Hall–Kier alpha value is -1.79. The van der Waals surface area contributed by atoms with Gasteiger partial charge in [0.15, 0.2) is 6.61 Å². The van der Waals surface area contributed by atoms with Gasteiger partial charge in [0.05, 0.1) is 13.7 Å². The van der Waals surface area contributed by atoms with Crippen molar-refractivity contribution in [2.45, 2.75) is 0 Å². The number of ether oxygens (including phenoxy) is 3. The van der Waals surface area contributed by atoms with Gasteiger partial charge in [-0.15, -0.1) is 0 Å². The Bertz CT molecular complexity index is 478. The van der Waals surface area contributed by atoms with Crippen molar-refractivity contribution in [3.05, 3.63) is 28.8 Å². The van der Waals surface area contributed by atoms with Crippen LogP contribution in [0.25, 0.3) is 0 Å². The second-order valence-electron chi connectivity index (χ2n) is 3.76. The second-order valence-corrected chi connectivity index (χ2v) is 4.20. The summed E-state index contributed by atoms with van der Waals surface area (Å²) >= 11 is 5.83. The lowest BCUT2D eigenvalue weighted by molar-refractivity contribution is -0.123. The molecule has 0 spiro atoms. The maximum Gasteiger partial charge on any atom is 0.341 e. The van der Waals surface area contributed by atoms with Gasteiger partial charge in [-0.2, -0.15) is 0 Å². The van der Waals surface area contributed by atoms with E-state index in [0.29, 0.717) is 18.2 Å². The Morgan fingerprint density at radius 3 is 2.70 bits per heavy atom. The zero-order valence-electron chi connectivity index (χ0n) is 11.3. The molecule has 7 heteroatoms. The fourth-order valence-electron chi connectivity index (χ4n) is 1.38. The van der Waals surface area contributed by atoms with Crippen molar-refractivity contribution in [1.82, 2.24) is 5.32 Å². The lowest BCUT2D eigenvalue weighted by atomic mass is 10.2. The lowest BCUT2D eigenvalue weighted by Crippen LogP contribution is -2.31. The van der Waals surface area contributed by atoms with Gasteiger partial charge < -0.3 is 19.5 Å². The predicted molar refractivity (Wildman–Crippen MR) is 73.2 cm³/mol. The number of benzene rings is 1. The molecule has 0 bridgehead atoms. The van der Waals surface area contributed by atoms with E-state index in [1.54, 1.807) is 6.07 Å². The standard InChI is InChI=1S/C13H16ClNO5/c1-18-6-5-15-12(16)8-20-11-7-9(14)3-4-10(11)13(17)19-2/h3-4,7H,5-6,8H2,1-2H3,(H,15,16). The number of hydrogen-bond acceptors (Lipinski definition) is 5. The molecule has 1 N–H and O–H groups in total. The number of halogens is 1. The summed E-state index contributed by atoms with van der Waals surface area (Å²) in [5.41, 5.74) is 0.210. The summed E-state index contributed by atoms with van der Waals surface area (Å²) in [6.45, 7) is 0.572. The third kappa shape index (κ3) is 5.07. The quantitative estimate of drug-likeness (QED) is 0.606. The second kappa shape index (κ2) is 8.39. The summed E-state index contributed by atoms with van der Waals surface area (Å²) in [5.74, 6) is -0.680. The Morgan fingerprint density at radius 1 is 1.30 bits per heavy atom. The normalized spacial score (nSPS) is 9.95. The Labute approximate surface area is 122 Å². The van der Waals surface area contributed by atoms with Crippen LogP contribution < -0.4 is 10.1 Å². The largest absolute Gasteiger partial charge is 0.483 e. The molecule has 1 aromatic carbocycles. The first kappa shape index (κ1) is 16.3. The first-order valence-electron chi connectivity index (χ1n) is 5.84. The highest BCUT2D eigenvalue weighted by molar-refractivity contribution is 6.30. The van der Waals surface area contributed by atoms with Gasteiger partial charge in [0.1, 0.15) is 11.3 Å². The van der Waals surface area contributed by atoms with Crippen molar-refractivity contribution in [3.8, 4) is 5.75 Å². The van der Waals surface area contributed by atoms with Gasteiger partial charge in [-0.3, -0.25) is 4.79 Å². The van der Waals surface area contributed by atoms with E-state index in [2.05, 4.69) is 10.1 Å². The molecule has 0 aliphatic heterocycles. The van der Waals surface area contributed by atoms with Crippen LogP contribution in [0.15, 0.2) is 18.2 Å². The average Bonchev–Trinajstić information content (AvgIpc) is 2.44. The zero-order valence-corrected chi connectivity index (χ0v) is 12.0. The topological polar surface area (TPSA) is 73.9 Å². The molecule has 0 heterocycles. The van der Waals surface area contributed by atoms with Crippen LogP contribution in [0.4, 0.5) is 0 Å². The molecule has 0 aromatic heterocycles. The molecule has 0 saturated carbocycles. The van der Waals surface area contributed by atoms with Crippen LogP contribution in [0.3, 0.4) is 0 Å². The summed E-state index contributed by atoms with van der Waals surface area (Å²) in [7, 11) is 2.80. The number of methoxy groups -OCH3 is 2. The smallest absolute Gasteiger partial charge is 0.341 e. The van der Waals surface area contributed by atoms with E-state index < -0.39 is 5.97 Å². The third-order valence-corrected chi connectivity index (χ3v) is 2.57. The van der Waals surface area contributed by atoms with E-state index in [1.807, 2.05) is 0 Å². The minimum Gasteiger partial charge on any atom is -0.483 e. The molecular formula is C13H16ClNO5. The maximum atomic E-state index is 11.5.